The summed E-state index contributed by atoms with van der Waals surface area (Å²) < 4.78 is 32.8. The van der Waals surface area contributed by atoms with Crippen LogP contribution >= 0.6 is 0 Å². The first-order chi connectivity index (χ1) is 9.11. The lowest BCUT2D eigenvalue weighted by molar-refractivity contribution is 0.432. The number of hydrogen-bond donors (Lipinski definition) is 1. The number of hydrogen-bond acceptors (Lipinski definition) is 2. The fourth-order valence-electron chi connectivity index (χ4n) is 1.83. The van der Waals surface area contributed by atoms with Gasteiger partial charge in [0, 0.05) is 5.56 Å². The van der Waals surface area contributed by atoms with E-state index in [1.807, 2.05) is 6.92 Å². The molecule has 0 fully saturated rings. The average molecular weight is 263 g/mol. The summed E-state index contributed by atoms with van der Waals surface area (Å²) in [7, 11) is 0. The summed E-state index contributed by atoms with van der Waals surface area (Å²) in [5.41, 5.74) is 6.68. The van der Waals surface area contributed by atoms with Crippen molar-refractivity contribution in [1.82, 2.24) is 0 Å². The molecule has 19 heavy (non-hydrogen) atoms. The summed E-state index contributed by atoms with van der Waals surface area (Å²) in [4.78, 5) is 0. The first kappa shape index (κ1) is 13.5. The van der Waals surface area contributed by atoms with E-state index in [-0.39, 0.29) is 5.75 Å². The Hall–Kier alpha value is -1.94. The molecule has 0 saturated heterocycles. The van der Waals surface area contributed by atoms with Gasteiger partial charge in [0.1, 0.15) is 11.6 Å². The lowest BCUT2D eigenvalue weighted by Gasteiger charge is -2.12. The smallest absolute Gasteiger partial charge is 0.165 e. The van der Waals surface area contributed by atoms with Crippen LogP contribution in [0.4, 0.5) is 8.78 Å². The molecule has 0 radical (unpaired) electrons. The van der Waals surface area contributed by atoms with Crippen molar-refractivity contribution in [3.63, 3.8) is 0 Å². The van der Waals surface area contributed by atoms with E-state index < -0.39 is 11.6 Å². The zero-order valence-electron chi connectivity index (χ0n) is 10.6. The molecule has 0 aliphatic carbocycles. The molecular weight excluding hydrogens is 248 g/mol. The van der Waals surface area contributed by atoms with E-state index in [1.54, 1.807) is 18.2 Å². The molecule has 0 heterocycles. The largest absolute Gasteiger partial charge is 0.454 e. The molecule has 0 aliphatic rings. The highest BCUT2D eigenvalue weighted by Crippen LogP contribution is 2.29. The Kier molecular flexibility index (Phi) is 4.12. The number of ether oxygens (including phenoxy) is 1. The quantitative estimate of drug-likeness (QED) is 0.915. The van der Waals surface area contributed by atoms with Gasteiger partial charge in [0.2, 0.25) is 0 Å². The zero-order valence-corrected chi connectivity index (χ0v) is 10.6. The number of rotatable bonds is 4. The van der Waals surface area contributed by atoms with Crippen molar-refractivity contribution in [2.75, 3.05) is 6.54 Å². The van der Waals surface area contributed by atoms with Crippen molar-refractivity contribution < 1.29 is 13.5 Å². The van der Waals surface area contributed by atoms with E-state index in [1.165, 1.54) is 18.2 Å². The van der Waals surface area contributed by atoms with Gasteiger partial charge in [-0.2, -0.15) is 0 Å². The van der Waals surface area contributed by atoms with E-state index in [0.29, 0.717) is 24.3 Å². The standard InChI is InChI=1S/C15H15F2NO/c1-10-5-6-13(17)15(9-10)19-14-4-2-3-12(16)11(14)7-8-18/h2-6,9H,7-8,18H2,1H3. The molecule has 2 aromatic carbocycles. The Labute approximate surface area is 110 Å². The Morgan fingerprint density at radius 1 is 1.05 bits per heavy atom. The molecule has 0 atom stereocenters. The van der Waals surface area contributed by atoms with Gasteiger partial charge in [0.05, 0.1) is 0 Å². The molecule has 2 rings (SSSR count). The van der Waals surface area contributed by atoms with Crippen LogP contribution in [0.15, 0.2) is 36.4 Å². The molecule has 0 bridgehead atoms. The fourth-order valence-corrected chi connectivity index (χ4v) is 1.83. The van der Waals surface area contributed by atoms with Gasteiger partial charge in [-0.1, -0.05) is 12.1 Å². The Morgan fingerprint density at radius 2 is 1.84 bits per heavy atom. The Balaban J connectivity index is 2.37. The molecule has 0 aliphatic heterocycles. The summed E-state index contributed by atoms with van der Waals surface area (Å²) >= 11 is 0. The van der Waals surface area contributed by atoms with Crippen LogP contribution in [0.1, 0.15) is 11.1 Å². The van der Waals surface area contributed by atoms with Crippen LogP contribution in [0.2, 0.25) is 0 Å². The molecule has 100 valence electrons. The monoisotopic (exact) mass is 263 g/mol. The maximum atomic E-state index is 13.7. The zero-order chi connectivity index (χ0) is 13.8. The van der Waals surface area contributed by atoms with Crippen LogP contribution in [0, 0.1) is 18.6 Å². The van der Waals surface area contributed by atoms with Crippen molar-refractivity contribution in [3.8, 4) is 11.5 Å². The van der Waals surface area contributed by atoms with Gasteiger partial charge in [-0.05, 0) is 49.7 Å². The van der Waals surface area contributed by atoms with Crippen LogP contribution in [-0.2, 0) is 6.42 Å². The minimum atomic E-state index is -0.478. The van der Waals surface area contributed by atoms with E-state index in [4.69, 9.17) is 10.5 Å². The second kappa shape index (κ2) is 5.80. The van der Waals surface area contributed by atoms with E-state index in [9.17, 15) is 8.78 Å². The Morgan fingerprint density at radius 3 is 2.58 bits per heavy atom. The highest BCUT2D eigenvalue weighted by molar-refractivity contribution is 5.40. The van der Waals surface area contributed by atoms with Gasteiger partial charge in [0.25, 0.3) is 0 Å². The third-order valence-electron chi connectivity index (χ3n) is 2.78. The van der Waals surface area contributed by atoms with Crippen molar-refractivity contribution in [2.45, 2.75) is 13.3 Å². The first-order valence-electron chi connectivity index (χ1n) is 6.03. The maximum absolute atomic E-state index is 13.7. The lowest BCUT2D eigenvalue weighted by atomic mass is 10.1. The van der Waals surface area contributed by atoms with Crippen molar-refractivity contribution >= 4 is 0 Å². The number of benzene rings is 2. The van der Waals surface area contributed by atoms with Gasteiger partial charge < -0.3 is 10.5 Å². The topological polar surface area (TPSA) is 35.2 Å². The summed E-state index contributed by atoms with van der Waals surface area (Å²) in [6.07, 6.45) is 0.343. The highest BCUT2D eigenvalue weighted by atomic mass is 19.1. The normalized spacial score (nSPS) is 10.5. The molecule has 0 aromatic heterocycles. The molecule has 2 nitrogen and oxygen atoms in total. The van der Waals surface area contributed by atoms with Gasteiger partial charge in [0.15, 0.2) is 11.6 Å². The third kappa shape index (κ3) is 3.09. The maximum Gasteiger partial charge on any atom is 0.165 e. The molecule has 0 amide bonds. The van der Waals surface area contributed by atoms with Crippen LogP contribution in [-0.4, -0.2) is 6.54 Å². The van der Waals surface area contributed by atoms with E-state index in [0.717, 1.165) is 5.56 Å². The second-order valence-corrected chi connectivity index (χ2v) is 4.29. The average Bonchev–Trinajstić information content (AvgIpc) is 2.38. The molecular formula is C15H15F2NO. The summed E-state index contributed by atoms with van der Waals surface area (Å²) in [6, 6.07) is 9.02. The summed E-state index contributed by atoms with van der Waals surface area (Å²) in [6.45, 7) is 2.13. The predicted molar refractivity (Wildman–Crippen MR) is 70.4 cm³/mol. The second-order valence-electron chi connectivity index (χ2n) is 4.29. The van der Waals surface area contributed by atoms with Gasteiger partial charge in [-0.3, -0.25) is 0 Å². The van der Waals surface area contributed by atoms with E-state index in [2.05, 4.69) is 0 Å². The molecule has 2 aromatic rings. The Bertz CT molecular complexity index is 584. The van der Waals surface area contributed by atoms with Crippen LogP contribution in [0.3, 0.4) is 0 Å². The first-order valence-corrected chi connectivity index (χ1v) is 6.03. The van der Waals surface area contributed by atoms with Gasteiger partial charge in [-0.25, -0.2) is 8.78 Å². The van der Waals surface area contributed by atoms with Crippen LogP contribution < -0.4 is 10.5 Å². The third-order valence-corrected chi connectivity index (χ3v) is 2.78. The predicted octanol–water partition coefficient (Wildman–Crippen LogP) is 3.57. The highest BCUT2D eigenvalue weighted by Gasteiger charge is 2.12. The molecule has 0 spiro atoms. The van der Waals surface area contributed by atoms with Gasteiger partial charge in [-0.15, -0.1) is 0 Å². The minimum absolute atomic E-state index is 0.0869. The van der Waals surface area contributed by atoms with E-state index >= 15 is 0 Å². The summed E-state index contributed by atoms with van der Waals surface area (Å²) in [5, 5.41) is 0. The lowest BCUT2D eigenvalue weighted by Crippen LogP contribution is -2.06. The molecule has 2 N–H and O–H groups in total. The molecule has 0 unspecified atom stereocenters. The van der Waals surface area contributed by atoms with Crippen LogP contribution in [0.5, 0.6) is 11.5 Å². The summed E-state index contributed by atoms with van der Waals surface area (Å²) in [5.74, 6) is -0.483. The number of halogens is 2. The fraction of sp³-hybridized carbons (Fsp3) is 0.200. The number of nitrogens with two attached hydrogens (primary N) is 1. The molecule has 4 heteroatoms. The van der Waals surface area contributed by atoms with Crippen molar-refractivity contribution in [2.24, 2.45) is 5.73 Å². The minimum Gasteiger partial charge on any atom is -0.454 e. The molecule has 0 saturated carbocycles. The van der Waals surface area contributed by atoms with Crippen molar-refractivity contribution in [3.05, 3.63) is 59.2 Å². The van der Waals surface area contributed by atoms with Crippen LogP contribution in [0.25, 0.3) is 0 Å². The number of aryl methyl sites for hydroxylation is 1. The van der Waals surface area contributed by atoms with Crippen molar-refractivity contribution in [1.29, 1.82) is 0 Å². The van der Waals surface area contributed by atoms with Gasteiger partial charge >= 0.3 is 0 Å². The SMILES string of the molecule is Cc1ccc(F)c(Oc2cccc(F)c2CCN)c1.